The highest BCUT2D eigenvalue weighted by atomic mass is 15.0. The van der Waals surface area contributed by atoms with Gasteiger partial charge in [-0.1, -0.05) is 11.6 Å². The van der Waals surface area contributed by atoms with Crippen LogP contribution in [-0.4, -0.2) is 11.1 Å². The minimum atomic E-state index is 0.777. The molecular weight excluding hydrogens is 232 g/mol. The van der Waals surface area contributed by atoms with Crippen molar-refractivity contribution in [3.8, 4) is 0 Å². The van der Waals surface area contributed by atoms with E-state index in [1.54, 1.807) is 11.3 Å². The third-order valence-corrected chi connectivity index (χ3v) is 4.39. The predicted octanol–water partition coefficient (Wildman–Crippen LogP) is 3.49. The number of aryl methyl sites for hydroxylation is 4. The van der Waals surface area contributed by atoms with Gasteiger partial charge < -0.3 is 10.3 Å². The van der Waals surface area contributed by atoms with Crippen LogP contribution in [0.25, 0.3) is 10.9 Å². The summed E-state index contributed by atoms with van der Waals surface area (Å²) in [5, 5.41) is 1.50. The first-order valence-electron chi connectivity index (χ1n) is 7.53. The van der Waals surface area contributed by atoms with Crippen molar-refractivity contribution in [1.29, 1.82) is 0 Å². The number of rotatable bonds is 3. The monoisotopic (exact) mass is 256 g/mol. The van der Waals surface area contributed by atoms with E-state index < -0.39 is 0 Å². The standard InChI is InChI=1S/C17H24N2/c1-12-10-13(2)17-15(11-12)14-6-3-4-7-16(14)19(17)9-5-8-18/h10-11H,3-9,18H2,1-2H3. The molecule has 1 aliphatic carbocycles. The van der Waals surface area contributed by atoms with Gasteiger partial charge in [0.1, 0.15) is 0 Å². The molecule has 102 valence electrons. The zero-order valence-corrected chi connectivity index (χ0v) is 12.1. The Bertz CT molecular complexity index is 607. The van der Waals surface area contributed by atoms with E-state index in [9.17, 15) is 0 Å². The summed E-state index contributed by atoms with van der Waals surface area (Å²) in [6.45, 7) is 6.31. The number of hydrogen-bond acceptors (Lipinski definition) is 1. The van der Waals surface area contributed by atoms with Gasteiger partial charge in [0.15, 0.2) is 0 Å². The fourth-order valence-corrected chi connectivity index (χ4v) is 3.66. The first kappa shape index (κ1) is 12.7. The summed E-state index contributed by atoms with van der Waals surface area (Å²) in [5.41, 5.74) is 13.2. The summed E-state index contributed by atoms with van der Waals surface area (Å²) in [6.07, 6.45) is 6.25. The van der Waals surface area contributed by atoms with Crippen LogP contribution in [0.5, 0.6) is 0 Å². The Labute approximate surface area is 115 Å². The molecule has 1 aromatic heterocycles. The number of hydrogen-bond donors (Lipinski definition) is 1. The largest absolute Gasteiger partial charge is 0.344 e. The van der Waals surface area contributed by atoms with E-state index >= 15 is 0 Å². The predicted molar refractivity (Wildman–Crippen MR) is 81.7 cm³/mol. The topological polar surface area (TPSA) is 30.9 Å². The summed E-state index contributed by atoms with van der Waals surface area (Å²) >= 11 is 0. The number of benzene rings is 1. The Morgan fingerprint density at radius 3 is 2.74 bits per heavy atom. The van der Waals surface area contributed by atoms with Crippen molar-refractivity contribution < 1.29 is 0 Å². The minimum Gasteiger partial charge on any atom is -0.344 e. The summed E-state index contributed by atoms with van der Waals surface area (Å²) in [4.78, 5) is 0. The molecule has 1 aliphatic rings. The smallest absolute Gasteiger partial charge is 0.0515 e. The molecule has 0 atom stereocenters. The molecule has 3 rings (SSSR count). The zero-order chi connectivity index (χ0) is 13.4. The van der Waals surface area contributed by atoms with Gasteiger partial charge in [0, 0.05) is 17.6 Å². The lowest BCUT2D eigenvalue weighted by molar-refractivity contribution is 0.595. The first-order valence-corrected chi connectivity index (χ1v) is 7.53. The van der Waals surface area contributed by atoms with E-state index in [4.69, 9.17) is 5.73 Å². The Kier molecular flexibility index (Phi) is 3.36. The second-order valence-electron chi connectivity index (χ2n) is 5.90. The Balaban J connectivity index is 2.26. The quantitative estimate of drug-likeness (QED) is 0.895. The van der Waals surface area contributed by atoms with Gasteiger partial charge in [-0.05, 0) is 69.7 Å². The van der Waals surface area contributed by atoms with Gasteiger partial charge in [-0.25, -0.2) is 0 Å². The van der Waals surface area contributed by atoms with Crippen molar-refractivity contribution >= 4 is 10.9 Å². The molecule has 0 radical (unpaired) electrons. The molecular formula is C17H24N2. The SMILES string of the molecule is Cc1cc(C)c2c(c1)c1c(n2CCCN)CCCC1. The van der Waals surface area contributed by atoms with E-state index in [2.05, 4.69) is 30.5 Å². The Morgan fingerprint density at radius 1 is 1.16 bits per heavy atom. The maximum Gasteiger partial charge on any atom is 0.0515 e. The van der Waals surface area contributed by atoms with Crippen LogP contribution in [0, 0.1) is 13.8 Å². The molecule has 0 amide bonds. The summed E-state index contributed by atoms with van der Waals surface area (Å²) in [5.74, 6) is 0. The molecule has 1 heterocycles. The van der Waals surface area contributed by atoms with E-state index in [0.717, 1.165) is 19.5 Å². The van der Waals surface area contributed by atoms with Gasteiger partial charge in [-0.2, -0.15) is 0 Å². The third kappa shape index (κ3) is 2.08. The van der Waals surface area contributed by atoms with Crippen LogP contribution < -0.4 is 5.73 Å². The van der Waals surface area contributed by atoms with Crippen LogP contribution in [0.4, 0.5) is 0 Å². The molecule has 2 nitrogen and oxygen atoms in total. The summed E-state index contributed by atoms with van der Waals surface area (Å²) < 4.78 is 2.56. The van der Waals surface area contributed by atoms with Gasteiger partial charge in [0.25, 0.3) is 0 Å². The fourth-order valence-electron chi connectivity index (χ4n) is 3.66. The van der Waals surface area contributed by atoms with Crippen molar-refractivity contribution in [2.75, 3.05) is 6.54 Å². The normalized spacial score (nSPS) is 14.9. The van der Waals surface area contributed by atoms with Crippen LogP contribution in [0.15, 0.2) is 12.1 Å². The van der Waals surface area contributed by atoms with Crippen LogP contribution in [0.3, 0.4) is 0 Å². The van der Waals surface area contributed by atoms with Crippen molar-refractivity contribution in [2.45, 2.75) is 52.5 Å². The molecule has 0 bridgehead atoms. The van der Waals surface area contributed by atoms with Gasteiger partial charge in [0.05, 0.1) is 5.52 Å². The minimum absolute atomic E-state index is 0.777. The van der Waals surface area contributed by atoms with E-state index in [1.165, 1.54) is 47.7 Å². The van der Waals surface area contributed by atoms with E-state index in [1.807, 2.05) is 0 Å². The van der Waals surface area contributed by atoms with E-state index in [0.29, 0.717) is 0 Å². The maximum atomic E-state index is 5.71. The fraction of sp³-hybridized carbons (Fsp3) is 0.529. The highest BCUT2D eigenvalue weighted by Crippen LogP contribution is 2.34. The lowest BCUT2D eigenvalue weighted by Gasteiger charge is -2.16. The van der Waals surface area contributed by atoms with Crippen LogP contribution in [0.1, 0.15) is 41.6 Å². The van der Waals surface area contributed by atoms with Gasteiger partial charge in [0.2, 0.25) is 0 Å². The average Bonchev–Trinajstić information content (AvgIpc) is 2.71. The molecule has 0 fully saturated rings. The lowest BCUT2D eigenvalue weighted by Crippen LogP contribution is -2.11. The Morgan fingerprint density at radius 2 is 1.95 bits per heavy atom. The number of nitrogens with zero attached hydrogens (tertiary/aromatic N) is 1. The first-order chi connectivity index (χ1) is 9.22. The highest BCUT2D eigenvalue weighted by Gasteiger charge is 2.20. The molecule has 2 heteroatoms. The van der Waals surface area contributed by atoms with Crippen molar-refractivity contribution in [3.63, 3.8) is 0 Å². The number of fused-ring (bicyclic) bond motifs is 3. The average molecular weight is 256 g/mol. The van der Waals surface area contributed by atoms with Crippen LogP contribution in [0.2, 0.25) is 0 Å². The molecule has 0 aliphatic heterocycles. The van der Waals surface area contributed by atoms with Gasteiger partial charge in [-0.15, -0.1) is 0 Å². The highest BCUT2D eigenvalue weighted by molar-refractivity contribution is 5.89. The zero-order valence-electron chi connectivity index (χ0n) is 12.1. The molecule has 2 aromatic rings. The Hall–Kier alpha value is -1.28. The second-order valence-corrected chi connectivity index (χ2v) is 5.90. The lowest BCUT2D eigenvalue weighted by atomic mass is 9.94. The maximum absolute atomic E-state index is 5.71. The third-order valence-electron chi connectivity index (χ3n) is 4.39. The number of nitrogens with two attached hydrogens (primary N) is 1. The second kappa shape index (κ2) is 5.01. The van der Waals surface area contributed by atoms with Crippen molar-refractivity contribution in [3.05, 3.63) is 34.5 Å². The molecule has 2 N–H and O–H groups in total. The molecule has 0 unspecified atom stereocenters. The summed E-state index contributed by atoms with van der Waals surface area (Å²) in [6, 6.07) is 4.69. The van der Waals surface area contributed by atoms with E-state index in [-0.39, 0.29) is 0 Å². The molecule has 19 heavy (non-hydrogen) atoms. The van der Waals surface area contributed by atoms with Crippen molar-refractivity contribution in [2.24, 2.45) is 5.73 Å². The molecule has 0 spiro atoms. The molecule has 1 aromatic carbocycles. The van der Waals surface area contributed by atoms with Gasteiger partial charge >= 0.3 is 0 Å². The number of aromatic nitrogens is 1. The summed E-state index contributed by atoms with van der Waals surface area (Å²) in [7, 11) is 0. The van der Waals surface area contributed by atoms with Crippen LogP contribution >= 0.6 is 0 Å². The molecule has 0 saturated heterocycles. The molecule has 0 saturated carbocycles. The van der Waals surface area contributed by atoms with Gasteiger partial charge in [-0.3, -0.25) is 0 Å². The van der Waals surface area contributed by atoms with Crippen molar-refractivity contribution in [1.82, 2.24) is 4.57 Å². The van der Waals surface area contributed by atoms with Crippen LogP contribution in [-0.2, 0) is 19.4 Å².